The predicted octanol–water partition coefficient (Wildman–Crippen LogP) is 0.223. The Morgan fingerprint density at radius 1 is 0.727 bits per heavy atom. The molecule has 3 rings (SSSR count). The lowest BCUT2D eigenvalue weighted by Gasteiger charge is -2.16. The molecule has 3 aromatic rings. The molecule has 15 nitrogen and oxygen atoms in total. The highest BCUT2D eigenvalue weighted by molar-refractivity contribution is 7.86. The van der Waals surface area contributed by atoms with Crippen molar-refractivity contribution in [2.75, 3.05) is 0 Å². The summed E-state index contributed by atoms with van der Waals surface area (Å²) in [7, 11) is -10.2. The van der Waals surface area contributed by atoms with Crippen molar-refractivity contribution in [3.8, 4) is 5.75 Å². The van der Waals surface area contributed by atoms with Crippen LogP contribution in [0.3, 0.4) is 0 Å². The standard InChI is InChI=1S/C16H12N2O7S2.2H3N.4H2O/c19-13-7-6-10-8-12(26(20,21)22)9-14(27(23,24)25)15(10)16(13)18-17-11-4-2-1-3-5-11;;;;;;/h1-9,19H,(H,20,21,22)(H,23,24,25);2*1H3;4*1H2. The molecule has 17 N–H and O–H groups in total. The van der Waals surface area contributed by atoms with Gasteiger partial charge in [-0.2, -0.15) is 5.11 Å². The van der Waals surface area contributed by atoms with Crippen molar-refractivity contribution in [3.05, 3.63) is 54.6 Å². The number of aromatic hydroxyl groups is 1. The van der Waals surface area contributed by atoms with Crippen molar-refractivity contribution in [3.63, 3.8) is 0 Å². The van der Waals surface area contributed by atoms with Crippen molar-refractivity contribution in [1.82, 2.24) is 12.3 Å². The number of phenolic OH excluding ortho intramolecular Hbond substituents is 1. The van der Waals surface area contributed by atoms with E-state index in [1.807, 2.05) is 0 Å². The second-order valence-electron chi connectivity index (χ2n) is 5.40. The van der Waals surface area contributed by atoms with Gasteiger partial charge in [-0.15, -0.1) is 5.11 Å². The molecule has 0 atom stereocenters. The summed E-state index contributed by atoms with van der Waals surface area (Å²) in [5.41, 5.74) is 0.0415. The highest BCUT2D eigenvalue weighted by atomic mass is 32.2. The van der Waals surface area contributed by atoms with E-state index in [9.17, 15) is 31.0 Å². The van der Waals surface area contributed by atoms with E-state index in [0.717, 1.165) is 18.2 Å². The molecule has 0 saturated carbocycles. The lowest BCUT2D eigenvalue weighted by atomic mass is 10.1. The molecule has 0 radical (unpaired) electrons. The molecule has 33 heavy (non-hydrogen) atoms. The molecule has 3 aromatic carbocycles. The van der Waals surface area contributed by atoms with Gasteiger partial charge in [0.15, 0.2) is 0 Å². The van der Waals surface area contributed by atoms with Crippen LogP contribution in [0.25, 0.3) is 10.8 Å². The highest BCUT2D eigenvalue weighted by Gasteiger charge is 2.18. The topological polar surface area (TPSA) is 358 Å². The molecule has 0 heterocycles. The summed E-state index contributed by atoms with van der Waals surface area (Å²) in [6.07, 6.45) is 0. The molecule has 0 aliphatic carbocycles. The number of nitrogens with zero attached hydrogens (tertiary/aromatic N) is 2. The molecule has 0 amide bonds. The smallest absolute Gasteiger partial charge is 0.143 e. The summed E-state index contributed by atoms with van der Waals surface area (Å²) in [6, 6.07) is 11.9. The highest BCUT2D eigenvalue weighted by Crippen LogP contribution is 2.40. The fourth-order valence-electron chi connectivity index (χ4n) is 2.42. The number of benzene rings is 3. The van der Waals surface area contributed by atoms with Crippen LogP contribution in [-0.4, -0.2) is 53.0 Å². The zero-order chi connectivity index (χ0) is 19.8. The molecule has 188 valence electrons. The second-order valence-corrected chi connectivity index (χ2v) is 8.12. The number of quaternary nitrogens is 2. The number of rotatable bonds is 4. The summed E-state index contributed by atoms with van der Waals surface area (Å²) in [5.74, 6) is -0.482. The zero-order valence-electron chi connectivity index (χ0n) is 17.3. The van der Waals surface area contributed by atoms with Crippen LogP contribution in [0.2, 0.25) is 0 Å². The molecular formula is C16H26N4O11S2. The van der Waals surface area contributed by atoms with Crippen molar-refractivity contribution in [2.24, 2.45) is 10.2 Å². The third-order valence-corrected chi connectivity index (χ3v) is 5.26. The van der Waals surface area contributed by atoms with Crippen LogP contribution in [0.4, 0.5) is 11.4 Å². The van der Waals surface area contributed by atoms with Crippen molar-refractivity contribution < 1.29 is 53.0 Å². The molecule has 17 heteroatoms. The van der Waals surface area contributed by atoms with Gasteiger partial charge in [0.1, 0.15) is 31.7 Å². The van der Waals surface area contributed by atoms with Crippen LogP contribution in [0.15, 0.2) is 74.6 Å². The summed E-state index contributed by atoms with van der Waals surface area (Å²) in [5, 5.41) is 17.3. The van der Waals surface area contributed by atoms with E-state index in [2.05, 4.69) is 10.2 Å². The van der Waals surface area contributed by atoms with Crippen LogP contribution in [0, 0.1) is 0 Å². The Balaban J connectivity index is -0.000000701. The van der Waals surface area contributed by atoms with Gasteiger partial charge < -0.3 is 48.4 Å². The SMILES string of the molecule is O.O.O.O.O=S(=O)([O-])c1cc(S(=O)(=O)[O-])c2c(N=Nc3ccccc3)c(O)ccc2c1.[NH4+].[NH4+]. The van der Waals surface area contributed by atoms with Gasteiger partial charge >= 0.3 is 0 Å². The first-order chi connectivity index (χ1) is 12.6. The molecule has 0 aliphatic heterocycles. The summed E-state index contributed by atoms with van der Waals surface area (Å²) in [6.45, 7) is 0. The number of hydrogen-bond donors (Lipinski definition) is 3. The minimum absolute atomic E-state index is 0. The molecule has 0 saturated heterocycles. The fourth-order valence-corrected chi connectivity index (χ4v) is 3.76. The third kappa shape index (κ3) is 8.07. The van der Waals surface area contributed by atoms with E-state index in [4.69, 9.17) is 0 Å². The maximum absolute atomic E-state index is 11.7. The van der Waals surface area contributed by atoms with Crippen molar-refractivity contribution >= 4 is 42.4 Å². The largest absolute Gasteiger partial charge is 0.744 e. The predicted molar refractivity (Wildman–Crippen MR) is 119 cm³/mol. The first-order valence-electron chi connectivity index (χ1n) is 7.26. The minimum atomic E-state index is -5.20. The van der Waals surface area contributed by atoms with E-state index >= 15 is 0 Å². The van der Waals surface area contributed by atoms with Crippen molar-refractivity contribution in [1.29, 1.82) is 0 Å². The lowest BCUT2D eigenvalue weighted by molar-refractivity contribution is 0.462. The Bertz CT molecular complexity index is 1280. The van der Waals surface area contributed by atoms with Gasteiger partial charge in [0, 0.05) is 5.39 Å². The minimum Gasteiger partial charge on any atom is -0.744 e. The number of fused-ring (bicyclic) bond motifs is 1. The third-order valence-electron chi connectivity index (χ3n) is 3.59. The molecule has 0 spiro atoms. The van der Waals surface area contributed by atoms with Gasteiger partial charge in [-0.3, -0.25) is 0 Å². The normalized spacial score (nSPS) is 10.4. The Morgan fingerprint density at radius 2 is 1.27 bits per heavy atom. The summed E-state index contributed by atoms with van der Waals surface area (Å²) in [4.78, 5) is -1.88. The molecule has 0 bridgehead atoms. The van der Waals surface area contributed by atoms with Crippen LogP contribution in [0.1, 0.15) is 0 Å². The Hall–Kier alpha value is -3.10. The fraction of sp³-hybridized carbons (Fsp3) is 0. The summed E-state index contributed by atoms with van der Waals surface area (Å²) < 4.78 is 68.8. The maximum Gasteiger partial charge on any atom is 0.143 e. The monoisotopic (exact) mass is 514 g/mol. The van der Waals surface area contributed by atoms with Crippen LogP contribution >= 0.6 is 0 Å². The molecule has 0 aliphatic rings. The molecule has 0 unspecified atom stereocenters. The summed E-state index contributed by atoms with van der Waals surface area (Å²) >= 11 is 0. The van der Waals surface area contributed by atoms with Gasteiger partial charge in [-0.05, 0) is 35.7 Å². The van der Waals surface area contributed by atoms with Gasteiger partial charge in [0.2, 0.25) is 0 Å². The number of phenols is 1. The van der Waals surface area contributed by atoms with E-state index in [0.29, 0.717) is 11.8 Å². The molecule has 0 aromatic heterocycles. The Morgan fingerprint density at radius 3 is 1.76 bits per heavy atom. The van der Waals surface area contributed by atoms with E-state index < -0.39 is 35.8 Å². The first kappa shape index (κ1) is 37.2. The van der Waals surface area contributed by atoms with Gasteiger partial charge in [0.25, 0.3) is 0 Å². The Kier molecular flexibility index (Phi) is 15.2. The quantitative estimate of drug-likeness (QED) is 0.320. The molecule has 0 fully saturated rings. The average Bonchev–Trinajstić information content (AvgIpc) is 2.59. The lowest BCUT2D eigenvalue weighted by Crippen LogP contribution is -2.05. The van der Waals surface area contributed by atoms with Crippen LogP contribution in [0.5, 0.6) is 5.75 Å². The van der Waals surface area contributed by atoms with E-state index in [1.54, 1.807) is 30.3 Å². The average molecular weight is 515 g/mol. The zero-order valence-corrected chi connectivity index (χ0v) is 18.9. The number of azo groups is 1. The van der Waals surface area contributed by atoms with Crippen LogP contribution < -0.4 is 12.3 Å². The van der Waals surface area contributed by atoms with Crippen molar-refractivity contribution in [2.45, 2.75) is 9.79 Å². The molecular weight excluding hydrogens is 488 g/mol. The van der Waals surface area contributed by atoms with Gasteiger partial charge in [-0.1, -0.05) is 24.3 Å². The Labute approximate surface area is 188 Å². The second kappa shape index (κ2) is 13.4. The van der Waals surface area contributed by atoms with Crippen LogP contribution in [-0.2, 0) is 20.2 Å². The van der Waals surface area contributed by atoms with E-state index in [-0.39, 0.29) is 50.7 Å². The maximum atomic E-state index is 11.7. The number of hydrogen-bond acceptors (Lipinski definition) is 9. The van der Waals surface area contributed by atoms with Gasteiger partial charge in [-0.25, -0.2) is 16.8 Å². The van der Waals surface area contributed by atoms with Gasteiger partial charge in [0.05, 0.1) is 15.5 Å². The first-order valence-corrected chi connectivity index (χ1v) is 10.1. The van der Waals surface area contributed by atoms with E-state index in [1.165, 1.54) is 0 Å².